The minimum Gasteiger partial charge on any atom is -0.495 e. The maximum atomic E-state index is 12.7. The van der Waals surface area contributed by atoms with E-state index in [1.807, 2.05) is 0 Å². The van der Waals surface area contributed by atoms with Gasteiger partial charge >= 0.3 is 6.18 Å². The van der Waals surface area contributed by atoms with Gasteiger partial charge in [0.15, 0.2) is 0 Å². The number of nitrogens with one attached hydrogen (secondary N) is 2. The number of alkyl halides is 3. The molecule has 1 aliphatic carbocycles. The molecule has 164 valence electrons. The van der Waals surface area contributed by atoms with Gasteiger partial charge in [0.05, 0.1) is 13.2 Å². The molecule has 11 heteroatoms. The average molecular weight is 437 g/mol. The largest absolute Gasteiger partial charge is 0.495 e. The van der Waals surface area contributed by atoms with Crippen LogP contribution in [-0.4, -0.2) is 39.7 Å². The number of halogens is 3. The van der Waals surface area contributed by atoms with Crippen molar-refractivity contribution in [3.05, 3.63) is 18.2 Å². The third-order valence-corrected chi connectivity index (χ3v) is 6.58. The predicted octanol–water partition coefficient (Wildman–Crippen LogP) is 2.77. The summed E-state index contributed by atoms with van der Waals surface area (Å²) < 4.78 is 69.3. The lowest BCUT2D eigenvalue weighted by atomic mass is 9.84. The number of nitrogens with two attached hydrogens (primary N) is 1. The van der Waals surface area contributed by atoms with E-state index in [4.69, 9.17) is 10.5 Å². The summed E-state index contributed by atoms with van der Waals surface area (Å²) in [6.07, 6.45) is 0.184. The van der Waals surface area contributed by atoms with Crippen molar-refractivity contribution in [2.75, 3.05) is 12.4 Å². The molecule has 0 saturated heterocycles. The summed E-state index contributed by atoms with van der Waals surface area (Å²) in [4.78, 5) is 11.9. The smallest absolute Gasteiger partial charge is 0.404 e. The summed E-state index contributed by atoms with van der Waals surface area (Å²) in [5.74, 6) is -0.521. The zero-order valence-corrected chi connectivity index (χ0v) is 17.1. The highest BCUT2D eigenvalue weighted by molar-refractivity contribution is 7.89. The van der Waals surface area contributed by atoms with Crippen LogP contribution in [0.5, 0.6) is 5.75 Å². The van der Waals surface area contributed by atoms with Gasteiger partial charge in [-0.3, -0.25) is 4.79 Å². The Labute approximate surface area is 168 Å². The summed E-state index contributed by atoms with van der Waals surface area (Å²) in [6, 6.07) is 0.620. The molecule has 0 bridgehead atoms. The van der Waals surface area contributed by atoms with Gasteiger partial charge in [0, 0.05) is 11.8 Å². The van der Waals surface area contributed by atoms with E-state index in [9.17, 15) is 26.4 Å². The molecule has 1 amide bonds. The molecule has 2 rings (SSSR count). The van der Waals surface area contributed by atoms with Crippen LogP contribution in [0, 0.1) is 5.92 Å². The van der Waals surface area contributed by atoms with Crippen LogP contribution in [0.3, 0.4) is 0 Å². The molecule has 7 nitrogen and oxygen atoms in total. The van der Waals surface area contributed by atoms with Gasteiger partial charge in [0.25, 0.3) is 0 Å². The molecule has 0 aromatic heterocycles. The Hall–Kier alpha value is -1.85. The Morgan fingerprint density at radius 2 is 1.86 bits per heavy atom. The maximum Gasteiger partial charge on any atom is 0.404 e. The van der Waals surface area contributed by atoms with E-state index >= 15 is 0 Å². The Kier molecular flexibility index (Phi) is 7.52. The highest BCUT2D eigenvalue weighted by Gasteiger charge is 2.39. The summed E-state index contributed by atoms with van der Waals surface area (Å²) in [7, 11) is -3.32. The Bertz CT molecular complexity index is 824. The van der Waals surface area contributed by atoms with E-state index in [-0.39, 0.29) is 17.4 Å². The lowest BCUT2D eigenvalue weighted by Crippen LogP contribution is -2.43. The maximum absolute atomic E-state index is 12.7. The van der Waals surface area contributed by atoms with E-state index in [2.05, 4.69) is 5.32 Å². The van der Waals surface area contributed by atoms with Crippen molar-refractivity contribution in [3.63, 3.8) is 0 Å². The molecule has 0 spiro atoms. The number of methoxy groups -OCH3 is 1. The highest BCUT2D eigenvalue weighted by atomic mass is 32.2. The lowest BCUT2D eigenvalue weighted by molar-refractivity contribution is -0.147. The monoisotopic (exact) mass is 437 g/mol. The zero-order valence-electron chi connectivity index (χ0n) is 16.3. The quantitative estimate of drug-likeness (QED) is 0.608. The minimum atomic E-state index is -4.73. The van der Waals surface area contributed by atoms with E-state index in [0.29, 0.717) is 6.92 Å². The van der Waals surface area contributed by atoms with Crippen LogP contribution >= 0.6 is 0 Å². The first kappa shape index (κ1) is 23.4. The Morgan fingerprint density at radius 3 is 2.41 bits per heavy atom. The molecule has 29 heavy (non-hydrogen) atoms. The molecular formula is C18H26F3N3O4S. The topological polar surface area (TPSA) is 111 Å². The van der Waals surface area contributed by atoms with Gasteiger partial charge < -0.3 is 15.8 Å². The number of carbonyl (C=O) groups excluding carboxylic acids is 1. The van der Waals surface area contributed by atoms with Crippen molar-refractivity contribution >= 4 is 21.6 Å². The van der Waals surface area contributed by atoms with Crippen molar-refractivity contribution in [3.8, 4) is 5.75 Å². The predicted molar refractivity (Wildman–Crippen MR) is 102 cm³/mol. The number of ether oxygens (including phenoxy) is 1. The van der Waals surface area contributed by atoms with Crippen LogP contribution in [0.1, 0.15) is 39.0 Å². The van der Waals surface area contributed by atoms with Gasteiger partial charge in [-0.15, -0.1) is 0 Å². The number of anilines is 1. The average Bonchev–Trinajstić information content (AvgIpc) is 2.66. The van der Waals surface area contributed by atoms with Crippen LogP contribution < -0.4 is 20.5 Å². The lowest BCUT2D eigenvalue weighted by Gasteiger charge is -2.26. The van der Waals surface area contributed by atoms with Crippen LogP contribution in [0.15, 0.2) is 23.1 Å². The SMILES string of the molecule is COc1cc(NC(=O)[C@@H](N)C2CCCCC2)ccc1S(=O)(=O)N[C@@H](C)C(F)(F)F. The molecule has 0 radical (unpaired) electrons. The van der Waals surface area contributed by atoms with E-state index < -0.39 is 39.1 Å². The Morgan fingerprint density at radius 1 is 1.24 bits per heavy atom. The molecule has 1 aromatic rings. The number of hydrogen-bond acceptors (Lipinski definition) is 5. The van der Waals surface area contributed by atoms with Gasteiger partial charge in [-0.05, 0) is 37.8 Å². The number of hydrogen-bond donors (Lipinski definition) is 3. The normalized spacial score (nSPS) is 18.1. The molecule has 1 aromatic carbocycles. The fraction of sp³-hybridized carbons (Fsp3) is 0.611. The number of rotatable bonds is 7. The third kappa shape index (κ3) is 6.06. The van der Waals surface area contributed by atoms with Crippen LogP contribution in [-0.2, 0) is 14.8 Å². The highest BCUT2D eigenvalue weighted by Crippen LogP contribution is 2.30. The first-order valence-corrected chi connectivity index (χ1v) is 10.8. The van der Waals surface area contributed by atoms with E-state index in [1.165, 1.54) is 19.2 Å². The van der Waals surface area contributed by atoms with Crippen molar-refractivity contribution < 1.29 is 31.1 Å². The number of sulfonamides is 1. The summed E-state index contributed by atoms with van der Waals surface area (Å²) in [6.45, 7) is 0.700. The molecule has 1 saturated carbocycles. The van der Waals surface area contributed by atoms with Gasteiger partial charge in [-0.2, -0.15) is 17.9 Å². The molecule has 2 atom stereocenters. The first-order valence-electron chi connectivity index (χ1n) is 9.29. The fourth-order valence-electron chi connectivity index (χ4n) is 3.26. The number of benzene rings is 1. The molecule has 0 heterocycles. The second-order valence-electron chi connectivity index (χ2n) is 7.16. The van der Waals surface area contributed by atoms with Crippen molar-refractivity contribution in [1.29, 1.82) is 0 Å². The summed E-state index contributed by atoms with van der Waals surface area (Å²) >= 11 is 0. The third-order valence-electron chi connectivity index (χ3n) is 5.00. The van der Waals surface area contributed by atoms with Crippen molar-refractivity contribution in [1.82, 2.24) is 4.72 Å². The number of amides is 1. The molecule has 0 aliphatic heterocycles. The van der Waals surface area contributed by atoms with E-state index in [1.54, 1.807) is 4.72 Å². The standard InChI is InChI=1S/C18H26F3N3O4S/c1-11(18(19,20)21)24-29(26,27)15-9-8-13(10-14(15)28-2)23-17(25)16(22)12-6-4-3-5-7-12/h8-12,16,24H,3-7,22H2,1-2H3,(H,23,25)/t11-,16-/m0/s1. The molecule has 0 unspecified atom stereocenters. The van der Waals surface area contributed by atoms with Gasteiger partial charge in [-0.25, -0.2) is 8.42 Å². The first-order chi connectivity index (χ1) is 13.5. The van der Waals surface area contributed by atoms with Crippen LogP contribution in [0.4, 0.5) is 18.9 Å². The van der Waals surface area contributed by atoms with Crippen LogP contribution in [0.2, 0.25) is 0 Å². The van der Waals surface area contributed by atoms with Gasteiger partial charge in [0.2, 0.25) is 15.9 Å². The molecule has 1 aliphatic rings. The van der Waals surface area contributed by atoms with Crippen molar-refractivity contribution in [2.45, 2.75) is 62.2 Å². The molecule has 1 fully saturated rings. The number of carbonyl (C=O) groups is 1. The summed E-state index contributed by atoms with van der Waals surface area (Å²) in [5.41, 5.74) is 6.29. The minimum absolute atomic E-state index is 0.0818. The van der Waals surface area contributed by atoms with E-state index in [0.717, 1.165) is 38.2 Å². The zero-order chi connectivity index (χ0) is 21.8. The van der Waals surface area contributed by atoms with Crippen LogP contribution in [0.25, 0.3) is 0 Å². The molecular weight excluding hydrogens is 411 g/mol. The second-order valence-corrected chi connectivity index (χ2v) is 8.85. The van der Waals surface area contributed by atoms with Crippen molar-refractivity contribution in [2.24, 2.45) is 11.7 Å². The second kappa shape index (κ2) is 9.31. The molecule has 4 N–H and O–H groups in total. The van der Waals surface area contributed by atoms with Gasteiger partial charge in [-0.1, -0.05) is 19.3 Å². The Balaban J connectivity index is 2.16. The summed E-state index contributed by atoms with van der Waals surface area (Å²) in [5, 5.41) is 2.62. The fourth-order valence-corrected chi connectivity index (χ4v) is 4.64. The van der Waals surface area contributed by atoms with Gasteiger partial charge in [0.1, 0.15) is 16.7 Å².